The highest BCUT2D eigenvalue weighted by atomic mass is 16.1. The molecule has 8 nitrogen and oxygen atoms in total. The third kappa shape index (κ3) is 2.26. The van der Waals surface area contributed by atoms with Crippen LogP contribution in [0.5, 0.6) is 0 Å². The molecule has 4 aromatic heterocycles. The fourth-order valence-electron chi connectivity index (χ4n) is 3.34. The molecule has 1 N–H and O–H groups in total. The van der Waals surface area contributed by atoms with Crippen LogP contribution in [0.4, 0.5) is 5.82 Å². The summed E-state index contributed by atoms with van der Waals surface area (Å²) < 4.78 is 3.35. The minimum atomic E-state index is -0.196. The van der Waals surface area contributed by atoms with E-state index in [1.807, 2.05) is 20.0 Å². The Hall–Kier alpha value is -3.29. The molecule has 4 aromatic rings. The number of aryl methyl sites for hydroxylation is 2. The standard InChI is InChI=1S/C18H17N7O/c1-10-16-12(9-13(11-3-4-11)21-17(16)24(2)23-10)18(26)22-15-5-7-19-14-6-8-20-25(14)15/h5-9,11H,3-4H2,1-2H3,(H,22,26). The maximum absolute atomic E-state index is 13.1. The molecule has 1 amide bonds. The highest BCUT2D eigenvalue weighted by Crippen LogP contribution is 2.40. The molecular weight excluding hydrogens is 330 g/mol. The summed E-state index contributed by atoms with van der Waals surface area (Å²) >= 11 is 0. The van der Waals surface area contributed by atoms with E-state index in [0.29, 0.717) is 22.9 Å². The van der Waals surface area contributed by atoms with E-state index in [1.54, 1.807) is 33.7 Å². The van der Waals surface area contributed by atoms with E-state index in [9.17, 15) is 4.79 Å². The normalized spacial score (nSPS) is 14.2. The monoisotopic (exact) mass is 347 g/mol. The third-order valence-corrected chi connectivity index (χ3v) is 4.76. The summed E-state index contributed by atoms with van der Waals surface area (Å²) in [7, 11) is 1.86. The summed E-state index contributed by atoms with van der Waals surface area (Å²) in [5.41, 5.74) is 3.78. The quantitative estimate of drug-likeness (QED) is 0.615. The lowest BCUT2D eigenvalue weighted by Crippen LogP contribution is -2.16. The zero-order chi connectivity index (χ0) is 17.8. The van der Waals surface area contributed by atoms with Gasteiger partial charge in [-0.05, 0) is 31.9 Å². The van der Waals surface area contributed by atoms with Crippen LogP contribution < -0.4 is 5.32 Å². The molecule has 1 saturated carbocycles. The molecule has 0 spiro atoms. The van der Waals surface area contributed by atoms with Crippen molar-refractivity contribution in [3.8, 4) is 0 Å². The molecule has 1 aliphatic rings. The molecule has 0 bridgehead atoms. The minimum absolute atomic E-state index is 0.196. The molecule has 8 heteroatoms. The number of nitrogens with one attached hydrogen (secondary N) is 1. The molecule has 4 heterocycles. The molecular formula is C18H17N7O. The van der Waals surface area contributed by atoms with Crippen LogP contribution in [0.2, 0.25) is 0 Å². The lowest BCUT2D eigenvalue weighted by atomic mass is 10.1. The van der Waals surface area contributed by atoms with Crippen LogP contribution in [0.15, 0.2) is 30.6 Å². The summed E-state index contributed by atoms with van der Waals surface area (Å²) in [5, 5.41) is 12.4. The topological polar surface area (TPSA) is 90.0 Å². The first kappa shape index (κ1) is 15.0. The van der Waals surface area contributed by atoms with Crippen molar-refractivity contribution in [3.05, 3.63) is 47.5 Å². The first-order valence-corrected chi connectivity index (χ1v) is 8.56. The number of hydrogen-bond donors (Lipinski definition) is 1. The van der Waals surface area contributed by atoms with Crippen molar-refractivity contribution in [2.24, 2.45) is 7.05 Å². The van der Waals surface area contributed by atoms with Crippen LogP contribution in [0.25, 0.3) is 16.7 Å². The third-order valence-electron chi connectivity index (χ3n) is 4.76. The maximum Gasteiger partial charge on any atom is 0.257 e. The predicted octanol–water partition coefficient (Wildman–Crippen LogP) is 2.45. The Balaban J connectivity index is 1.63. The lowest BCUT2D eigenvalue weighted by Gasteiger charge is -2.10. The molecule has 0 aliphatic heterocycles. The van der Waals surface area contributed by atoms with E-state index in [1.165, 1.54) is 0 Å². The summed E-state index contributed by atoms with van der Waals surface area (Å²) in [6.07, 6.45) is 5.54. The number of pyridine rings is 1. The van der Waals surface area contributed by atoms with Crippen LogP contribution in [0.1, 0.15) is 40.5 Å². The van der Waals surface area contributed by atoms with Gasteiger partial charge in [0.15, 0.2) is 11.3 Å². The van der Waals surface area contributed by atoms with Gasteiger partial charge in [0.25, 0.3) is 5.91 Å². The number of fused-ring (bicyclic) bond motifs is 2. The highest BCUT2D eigenvalue weighted by molar-refractivity contribution is 6.12. The second-order valence-corrected chi connectivity index (χ2v) is 6.66. The number of hydrogen-bond acceptors (Lipinski definition) is 5. The van der Waals surface area contributed by atoms with E-state index >= 15 is 0 Å². The van der Waals surface area contributed by atoms with Gasteiger partial charge in [-0.2, -0.15) is 14.7 Å². The Labute approximate surface area is 148 Å². The van der Waals surface area contributed by atoms with E-state index in [0.717, 1.165) is 35.3 Å². The first-order chi connectivity index (χ1) is 12.6. The zero-order valence-corrected chi connectivity index (χ0v) is 14.5. The van der Waals surface area contributed by atoms with Gasteiger partial charge in [-0.1, -0.05) is 0 Å². The number of carbonyl (C=O) groups excluding carboxylic acids is 1. The van der Waals surface area contributed by atoms with Crippen molar-refractivity contribution in [1.82, 2.24) is 29.4 Å². The molecule has 0 atom stereocenters. The molecule has 0 unspecified atom stereocenters. The lowest BCUT2D eigenvalue weighted by molar-refractivity contribution is 0.102. The van der Waals surface area contributed by atoms with E-state index in [4.69, 9.17) is 4.98 Å². The van der Waals surface area contributed by atoms with Crippen molar-refractivity contribution in [3.63, 3.8) is 0 Å². The van der Waals surface area contributed by atoms with E-state index < -0.39 is 0 Å². The first-order valence-electron chi connectivity index (χ1n) is 8.56. The Bertz CT molecular complexity index is 1170. The Kier molecular flexibility index (Phi) is 3.09. The van der Waals surface area contributed by atoms with Crippen molar-refractivity contribution in [2.45, 2.75) is 25.7 Å². The van der Waals surface area contributed by atoms with Crippen LogP contribution >= 0.6 is 0 Å². The number of amides is 1. The van der Waals surface area contributed by atoms with Gasteiger partial charge in [-0.25, -0.2) is 9.97 Å². The average molecular weight is 347 g/mol. The smallest absolute Gasteiger partial charge is 0.257 e. The summed E-state index contributed by atoms with van der Waals surface area (Å²) in [6, 6.07) is 5.43. The highest BCUT2D eigenvalue weighted by Gasteiger charge is 2.28. The number of nitrogens with zero attached hydrogens (tertiary/aromatic N) is 6. The molecule has 1 aliphatic carbocycles. The molecule has 26 heavy (non-hydrogen) atoms. The van der Waals surface area contributed by atoms with Gasteiger partial charge < -0.3 is 5.32 Å². The van der Waals surface area contributed by atoms with Gasteiger partial charge in [0.1, 0.15) is 5.82 Å². The van der Waals surface area contributed by atoms with Crippen molar-refractivity contribution in [1.29, 1.82) is 0 Å². The van der Waals surface area contributed by atoms with Crippen molar-refractivity contribution >= 4 is 28.4 Å². The fourth-order valence-corrected chi connectivity index (χ4v) is 3.34. The Morgan fingerprint density at radius 3 is 2.92 bits per heavy atom. The average Bonchev–Trinajstić information content (AvgIpc) is 3.30. The van der Waals surface area contributed by atoms with Crippen LogP contribution in [0, 0.1) is 6.92 Å². The van der Waals surface area contributed by atoms with Gasteiger partial charge in [0.05, 0.1) is 22.8 Å². The molecule has 1 fully saturated rings. The van der Waals surface area contributed by atoms with Crippen LogP contribution in [-0.2, 0) is 7.05 Å². The van der Waals surface area contributed by atoms with Crippen LogP contribution in [-0.4, -0.2) is 35.3 Å². The number of carbonyl (C=O) groups is 1. The van der Waals surface area contributed by atoms with E-state index in [-0.39, 0.29) is 5.91 Å². The maximum atomic E-state index is 13.1. The second-order valence-electron chi connectivity index (χ2n) is 6.66. The number of rotatable bonds is 3. The van der Waals surface area contributed by atoms with Crippen LogP contribution in [0.3, 0.4) is 0 Å². The number of aromatic nitrogens is 6. The molecule has 5 rings (SSSR count). The summed E-state index contributed by atoms with van der Waals surface area (Å²) in [5.74, 6) is 0.822. The van der Waals surface area contributed by atoms with Gasteiger partial charge in [0, 0.05) is 30.9 Å². The fraction of sp³-hybridized carbons (Fsp3) is 0.278. The van der Waals surface area contributed by atoms with Crippen molar-refractivity contribution < 1.29 is 4.79 Å². The van der Waals surface area contributed by atoms with Gasteiger partial charge in [-0.3, -0.25) is 9.48 Å². The summed E-state index contributed by atoms with van der Waals surface area (Å²) in [4.78, 5) is 22.1. The summed E-state index contributed by atoms with van der Waals surface area (Å²) in [6.45, 7) is 1.90. The number of anilines is 1. The van der Waals surface area contributed by atoms with Crippen molar-refractivity contribution in [2.75, 3.05) is 5.32 Å². The van der Waals surface area contributed by atoms with Gasteiger partial charge >= 0.3 is 0 Å². The SMILES string of the molecule is Cc1nn(C)c2nc(C3CC3)cc(C(=O)Nc3ccnc4ccnn34)c12. The van der Waals surface area contributed by atoms with E-state index in [2.05, 4.69) is 20.5 Å². The molecule has 0 aromatic carbocycles. The molecule has 0 saturated heterocycles. The molecule has 130 valence electrons. The van der Waals surface area contributed by atoms with Gasteiger partial charge in [-0.15, -0.1) is 0 Å². The largest absolute Gasteiger partial charge is 0.306 e. The predicted molar refractivity (Wildman–Crippen MR) is 96.2 cm³/mol. The zero-order valence-electron chi connectivity index (χ0n) is 14.5. The Morgan fingerprint density at radius 1 is 1.27 bits per heavy atom. The van der Waals surface area contributed by atoms with Gasteiger partial charge in [0.2, 0.25) is 0 Å². The Morgan fingerprint density at radius 2 is 2.12 bits per heavy atom. The molecule has 0 radical (unpaired) electrons. The minimum Gasteiger partial charge on any atom is -0.306 e. The second kappa shape index (κ2) is 5.35.